The molecule has 0 atom stereocenters. The second-order valence-corrected chi connectivity index (χ2v) is 6.33. The average molecular weight is 309 g/mol. The van der Waals surface area contributed by atoms with Gasteiger partial charge in [0, 0.05) is 31.8 Å². The second kappa shape index (κ2) is 8.14. The fourth-order valence-corrected chi connectivity index (χ4v) is 3.32. The largest absolute Gasteiger partial charge is 0.356 e. The molecule has 4 nitrogen and oxygen atoms in total. The normalized spacial score (nSPS) is 10.7. The van der Waals surface area contributed by atoms with Crippen molar-refractivity contribution in [3.63, 3.8) is 0 Å². The van der Waals surface area contributed by atoms with Crippen molar-refractivity contribution in [1.82, 2.24) is 15.6 Å². The highest BCUT2D eigenvalue weighted by atomic mass is 32.1. The monoisotopic (exact) mass is 309 g/mol. The topological polar surface area (TPSA) is 54.0 Å². The third-order valence-electron chi connectivity index (χ3n) is 2.75. The van der Waals surface area contributed by atoms with Gasteiger partial charge in [0.25, 0.3) is 0 Å². The fourth-order valence-electron chi connectivity index (χ4n) is 1.76. The number of aromatic nitrogens is 1. The number of amides is 1. The first-order valence-electron chi connectivity index (χ1n) is 6.69. The summed E-state index contributed by atoms with van der Waals surface area (Å²) in [5.74, 6) is 0.0360. The molecule has 20 heavy (non-hydrogen) atoms. The van der Waals surface area contributed by atoms with Crippen molar-refractivity contribution in [2.24, 2.45) is 0 Å². The standard InChI is InChI=1S/C14H19N3OS2/c1-11(18)16-7-3-6-15-8-5-14-17-12(10-20-14)13-4-2-9-19-13/h2,4,9-10,15H,3,5-8H2,1H3,(H,16,18). The predicted octanol–water partition coefficient (Wildman–Crippen LogP) is 2.53. The van der Waals surface area contributed by atoms with Crippen LogP contribution in [0.4, 0.5) is 0 Å². The van der Waals surface area contributed by atoms with Crippen LogP contribution in [0.25, 0.3) is 10.6 Å². The van der Waals surface area contributed by atoms with Crippen molar-refractivity contribution >= 4 is 28.6 Å². The van der Waals surface area contributed by atoms with E-state index >= 15 is 0 Å². The molecule has 0 spiro atoms. The van der Waals surface area contributed by atoms with Crippen LogP contribution >= 0.6 is 22.7 Å². The van der Waals surface area contributed by atoms with Gasteiger partial charge in [-0.1, -0.05) is 6.07 Å². The van der Waals surface area contributed by atoms with E-state index < -0.39 is 0 Å². The number of thiazole rings is 1. The smallest absolute Gasteiger partial charge is 0.216 e. The molecule has 0 aliphatic heterocycles. The van der Waals surface area contributed by atoms with E-state index in [0.717, 1.165) is 38.2 Å². The zero-order chi connectivity index (χ0) is 14.2. The SMILES string of the molecule is CC(=O)NCCCNCCc1nc(-c2cccs2)cs1. The van der Waals surface area contributed by atoms with E-state index in [0.29, 0.717) is 0 Å². The maximum absolute atomic E-state index is 10.7. The summed E-state index contributed by atoms with van der Waals surface area (Å²) in [4.78, 5) is 16.6. The van der Waals surface area contributed by atoms with Gasteiger partial charge in [0.05, 0.1) is 15.6 Å². The molecule has 108 valence electrons. The van der Waals surface area contributed by atoms with Gasteiger partial charge in [-0.05, 0) is 24.4 Å². The lowest BCUT2D eigenvalue weighted by atomic mass is 10.3. The summed E-state index contributed by atoms with van der Waals surface area (Å²) in [6.07, 6.45) is 1.91. The van der Waals surface area contributed by atoms with Crippen LogP contribution in [0.15, 0.2) is 22.9 Å². The number of carbonyl (C=O) groups is 1. The lowest BCUT2D eigenvalue weighted by Gasteiger charge is -2.03. The molecule has 0 radical (unpaired) electrons. The third kappa shape index (κ3) is 5.03. The third-order valence-corrected chi connectivity index (χ3v) is 4.55. The first kappa shape index (κ1) is 15.2. The molecule has 6 heteroatoms. The van der Waals surface area contributed by atoms with Crippen LogP contribution in [0.5, 0.6) is 0 Å². The van der Waals surface area contributed by atoms with Crippen molar-refractivity contribution < 1.29 is 4.79 Å². The quantitative estimate of drug-likeness (QED) is 0.737. The molecular formula is C14H19N3OS2. The maximum atomic E-state index is 10.7. The molecule has 0 unspecified atom stereocenters. The van der Waals surface area contributed by atoms with Gasteiger partial charge in [-0.25, -0.2) is 4.98 Å². The Hall–Kier alpha value is -1.24. The van der Waals surface area contributed by atoms with Crippen molar-refractivity contribution in [2.75, 3.05) is 19.6 Å². The van der Waals surface area contributed by atoms with Gasteiger partial charge in [0.15, 0.2) is 0 Å². The van der Waals surface area contributed by atoms with Crippen molar-refractivity contribution in [3.8, 4) is 10.6 Å². The molecule has 0 aromatic carbocycles. The molecule has 0 bridgehead atoms. The van der Waals surface area contributed by atoms with E-state index in [1.165, 1.54) is 9.88 Å². The molecule has 0 aliphatic carbocycles. The van der Waals surface area contributed by atoms with Gasteiger partial charge in [0.1, 0.15) is 0 Å². The minimum atomic E-state index is 0.0360. The summed E-state index contributed by atoms with van der Waals surface area (Å²) < 4.78 is 0. The lowest BCUT2D eigenvalue weighted by molar-refractivity contribution is -0.118. The van der Waals surface area contributed by atoms with E-state index in [4.69, 9.17) is 0 Å². The van der Waals surface area contributed by atoms with Gasteiger partial charge in [0.2, 0.25) is 5.91 Å². The van der Waals surface area contributed by atoms with E-state index in [9.17, 15) is 4.79 Å². The van der Waals surface area contributed by atoms with E-state index in [1.54, 1.807) is 29.6 Å². The van der Waals surface area contributed by atoms with Gasteiger partial charge in [-0.3, -0.25) is 4.79 Å². The minimum Gasteiger partial charge on any atom is -0.356 e. The summed E-state index contributed by atoms with van der Waals surface area (Å²) in [5, 5.41) is 11.5. The minimum absolute atomic E-state index is 0.0360. The predicted molar refractivity (Wildman–Crippen MR) is 85.3 cm³/mol. The van der Waals surface area contributed by atoms with Crippen LogP contribution in [-0.2, 0) is 11.2 Å². The van der Waals surface area contributed by atoms with Crippen molar-refractivity contribution in [2.45, 2.75) is 19.8 Å². The number of carbonyl (C=O) groups excluding carboxylic acids is 1. The Kier molecular flexibility index (Phi) is 6.17. The number of nitrogens with one attached hydrogen (secondary N) is 2. The fraction of sp³-hybridized carbons (Fsp3) is 0.429. The number of hydrogen-bond acceptors (Lipinski definition) is 5. The van der Waals surface area contributed by atoms with Crippen LogP contribution < -0.4 is 10.6 Å². The van der Waals surface area contributed by atoms with Crippen LogP contribution in [-0.4, -0.2) is 30.5 Å². The van der Waals surface area contributed by atoms with E-state index in [2.05, 4.69) is 38.5 Å². The molecule has 2 aromatic heterocycles. The molecule has 0 saturated heterocycles. The number of nitrogens with zero attached hydrogens (tertiary/aromatic N) is 1. The molecule has 0 aliphatic rings. The summed E-state index contributed by atoms with van der Waals surface area (Å²) in [7, 11) is 0. The molecule has 2 aromatic rings. The van der Waals surface area contributed by atoms with Crippen LogP contribution in [0, 0.1) is 0 Å². The first-order chi connectivity index (χ1) is 9.75. The Morgan fingerprint density at radius 3 is 2.95 bits per heavy atom. The Labute approximate surface area is 127 Å². The maximum Gasteiger partial charge on any atom is 0.216 e. The zero-order valence-electron chi connectivity index (χ0n) is 11.5. The van der Waals surface area contributed by atoms with Crippen molar-refractivity contribution in [1.29, 1.82) is 0 Å². The molecule has 2 heterocycles. The van der Waals surface area contributed by atoms with Crippen LogP contribution in [0.3, 0.4) is 0 Å². The Bertz CT molecular complexity index is 522. The molecular weight excluding hydrogens is 290 g/mol. The zero-order valence-corrected chi connectivity index (χ0v) is 13.1. The van der Waals surface area contributed by atoms with Gasteiger partial charge in [-0.15, -0.1) is 22.7 Å². The van der Waals surface area contributed by atoms with E-state index in [-0.39, 0.29) is 5.91 Å². The highest BCUT2D eigenvalue weighted by molar-refractivity contribution is 7.14. The molecule has 1 amide bonds. The van der Waals surface area contributed by atoms with Gasteiger partial charge < -0.3 is 10.6 Å². The summed E-state index contributed by atoms with van der Waals surface area (Å²) >= 11 is 3.44. The summed E-state index contributed by atoms with van der Waals surface area (Å²) in [6.45, 7) is 4.13. The Morgan fingerprint density at radius 1 is 1.30 bits per heavy atom. The highest BCUT2D eigenvalue weighted by Crippen LogP contribution is 2.25. The van der Waals surface area contributed by atoms with Gasteiger partial charge >= 0.3 is 0 Å². The Morgan fingerprint density at radius 2 is 2.20 bits per heavy atom. The second-order valence-electron chi connectivity index (χ2n) is 4.44. The number of thiophene rings is 1. The lowest BCUT2D eigenvalue weighted by Crippen LogP contribution is -2.26. The Balaban J connectivity index is 1.62. The molecule has 2 rings (SSSR count). The molecule has 0 fully saturated rings. The average Bonchev–Trinajstić information content (AvgIpc) is 3.08. The van der Waals surface area contributed by atoms with Gasteiger partial charge in [-0.2, -0.15) is 0 Å². The number of rotatable bonds is 8. The van der Waals surface area contributed by atoms with E-state index in [1.807, 2.05) is 0 Å². The van der Waals surface area contributed by atoms with Crippen LogP contribution in [0.2, 0.25) is 0 Å². The van der Waals surface area contributed by atoms with Crippen LogP contribution in [0.1, 0.15) is 18.4 Å². The molecule has 0 saturated carbocycles. The highest BCUT2D eigenvalue weighted by Gasteiger charge is 2.04. The summed E-state index contributed by atoms with van der Waals surface area (Å²) in [5.41, 5.74) is 1.09. The van der Waals surface area contributed by atoms with Crippen molar-refractivity contribution in [3.05, 3.63) is 27.9 Å². The first-order valence-corrected chi connectivity index (χ1v) is 8.45. The summed E-state index contributed by atoms with van der Waals surface area (Å²) in [6, 6.07) is 4.15. The number of hydrogen-bond donors (Lipinski definition) is 2. The molecule has 2 N–H and O–H groups in total.